The molecule has 1 heterocycles. The molecule has 1 aromatic carbocycles. The highest BCUT2D eigenvalue weighted by Crippen LogP contribution is 2.45. The first-order valence-corrected chi connectivity index (χ1v) is 7.56. The fourth-order valence-electron chi connectivity index (χ4n) is 2.85. The van der Waals surface area contributed by atoms with Crippen LogP contribution in [-0.2, 0) is 0 Å². The normalized spacial score (nSPS) is 22.0. The van der Waals surface area contributed by atoms with E-state index in [1.807, 2.05) is 32.0 Å². The molecular weight excluding hydrogens is 264 g/mol. The van der Waals surface area contributed by atoms with Gasteiger partial charge in [0.1, 0.15) is 5.69 Å². The van der Waals surface area contributed by atoms with E-state index in [0.29, 0.717) is 17.6 Å². The van der Waals surface area contributed by atoms with E-state index in [2.05, 4.69) is 17.4 Å². The second-order valence-corrected chi connectivity index (χ2v) is 5.87. The van der Waals surface area contributed by atoms with Crippen LogP contribution in [0, 0.1) is 0 Å². The van der Waals surface area contributed by atoms with E-state index < -0.39 is 0 Å². The zero-order valence-electron chi connectivity index (χ0n) is 12.5. The smallest absolute Gasteiger partial charge is 0.218 e. The number of nitrogens with one attached hydrogen (secondary N) is 1. The molecule has 1 aliphatic rings. The molecule has 0 saturated heterocycles. The van der Waals surface area contributed by atoms with Crippen molar-refractivity contribution in [1.82, 2.24) is 4.57 Å². The highest BCUT2D eigenvalue weighted by atomic mass is 16.3. The highest BCUT2D eigenvalue weighted by molar-refractivity contribution is 5.59. The van der Waals surface area contributed by atoms with Gasteiger partial charge in [-0.1, -0.05) is 37.3 Å². The van der Waals surface area contributed by atoms with Gasteiger partial charge in [0.15, 0.2) is 5.88 Å². The Kier molecular flexibility index (Phi) is 3.53. The molecule has 0 radical (unpaired) electrons. The van der Waals surface area contributed by atoms with E-state index in [4.69, 9.17) is 0 Å². The molecule has 0 aliphatic heterocycles. The van der Waals surface area contributed by atoms with Crippen LogP contribution in [0.3, 0.4) is 0 Å². The van der Waals surface area contributed by atoms with Crippen molar-refractivity contribution >= 4 is 5.69 Å². The summed E-state index contributed by atoms with van der Waals surface area (Å²) in [5.41, 5.74) is 1.94. The van der Waals surface area contributed by atoms with Crippen LogP contribution in [0.15, 0.2) is 36.4 Å². The summed E-state index contributed by atoms with van der Waals surface area (Å²) in [6.45, 7) is 4.01. The fourth-order valence-corrected chi connectivity index (χ4v) is 2.85. The van der Waals surface area contributed by atoms with Crippen LogP contribution in [0.2, 0.25) is 0 Å². The number of anilines is 1. The Labute approximate surface area is 125 Å². The standard InChI is InChI=1S/C17H22N2O2/c1-3-11(2)19-16(20)10-15(17(19)21)18-14-9-13(14)12-7-5-4-6-8-12/h4-8,10-11,13-14,18,20-21H,3,9H2,1-2H3. The van der Waals surface area contributed by atoms with Crippen molar-refractivity contribution in [3.05, 3.63) is 42.0 Å². The molecule has 1 aromatic heterocycles. The summed E-state index contributed by atoms with van der Waals surface area (Å²) in [6, 6.07) is 12.4. The van der Waals surface area contributed by atoms with Crippen molar-refractivity contribution in [2.45, 2.75) is 44.7 Å². The lowest BCUT2D eigenvalue weighted by molar-refractivity contribution is 0.338. The summed E-state index contributed by atoms with van der Waals surface area (Å²) in [6.07, 6.45) is 1.91. The summed E-state index contributed by atoms with van der Waals surface area (Å²) >= 11 is 0. The van der Waals surface area contributed by atoms with Crippen molar-refractivity contribution in [3.8, 4) is 11.8 Å². The molecule has 112 valence electrons. The highest BCUT2D eigenvalue weighted by Gasteiger charge is 2.39. The zero-order valence-corrected chi connectivity index (χ0v) is 12.5. The van der Waals surface area contributed by atoms with Gasteiger partial charge in [-0.05, 0) is 25.3 Å². The van der Waals surface area contributed by atoms with Gasteiger partial charge in [0.2, 0.25) is 5.88 Å². The minimum absolute atomic E-state index is 0.0738. The molecule has 3 N–H and O–H groups in total. The number of aromatic hydroxyl groups is 2. The molecule has 3 rings (SSSR count). The van der Waals surface area contributed by atoms with Crippen molar-refractivity contribution in [2.24, 2.45) is 0 Å². The predicted molar refractivity (Wildman–Crippen MR) is 84.0 cm³/mol. The Morgan fingerprint density at radius 2 is 2.00 bits per heavy atom. The van der Waals surface area contributed by atoms with Gasteiger partial charge in [0, 0.05) is 24.1 Å². The molecule has 0 bridgehead atoms. The molecule has 2 aromatic rings. The van der Waals surface area contributed by atoms with Gasteiger partial charge in [-0.15, -0.1) is 0 Å². The molecule has 4 nitrogen and oxygen atoms in total. The third-order valence-corrected chi connectivity index (χ3v) is 4.38. The van der Waals surface area contributed by atoms with Crippen molar-refractivity contribution in [3.63, 3.8) is 0 Å². The van der Waals surface area contributed by atoms with Crippen molar-refractivity contribution in [2.75, 3.05) is 5.32 Å². The van der Waals surface area contributed by atoms with Gasteiger partial charge in [-0.3, -0.25) is 4.57 Å². The minimum atomic E-state index is 0.0738. The lowest BCUT2D eigenvalue weighted by Gasteiger charge is -2.14. The van der Waals surface area contributed by atoms with Crippen LogP contribution >= 0.6 is 0 Å². The fraction of sp³-hybridized carbons (Fsp3) is 0.412. The SMILES string of the molecule is CCC(C)n1c(O)cc(NC2CC2c2ccccc2)c1O. The number of hydrogen-bond donors (Lipinski definition) is 3. The number of aromatic nitrogens is 1. The Balaban J connectivity index is 1.73. The number of rotatable bonds is 5. The van der Waals surface area contributed by atoms with E-state index in [1.54, 1.807) is 10.6 Å². The predicted octanol–water partition coefficient (Wildman–Crippen LogP) is 3.84. The van der Waals surface area contributed by atoms with Crippen LogP contribution in [0.5, 0.6) is 11.8 Å². The van der Waals surface area contributed by atoms with E-state index >= 15 is 0 Å². The molecule has 1 fully saturated rings. The van der Waals surface area contributed by atoms with Gasteiger partial charge in [-0.2, -0.15) is 0 Å². The summed E-state index contributed by atoms with van der Waals surface area (Å²) in [5, 5.41) is 23.6. The number of benzene rings is 1. The Morgan fingerprint density at radius 3 is 2.67 bits per heavy atom. The molecule has 4 heteroatoms. The van der Waals surface area contributed by atoms with Crippen LogP contribution in [-0.4, -0.2) is 20.8 Å². The van der Waals surface area contributed by atoms with Crippen LogP contribution < -0.4 is 5.32 Å². The molecule has 3 atom stereocenters. The van der Waals surface area contributed by atoms with Crippen LogP contribution in [0.25, 0.3) is 0 Å². The van der Waals surface area contributed by atoms with Gasteiger partial charge in [0.05, 0.1) is 0 Å². The average molecular weight is 286 g/mol. The monoisotopic (exact) mass is 286 g/mol. The first-order chi connectivity index (χ1) is 10.1. The van der Waals surface area contributed by atoms with Gasteiger partial charge in [0.25, 0.3) is 0 Å². The Morgan fingerprint density at radius 1 is 1.29 bits per heavy atom. The molecular formula is C17H22N2O2. The van der Waals surface area contributed by atoms with Crippen LogP contribution in [0.1, 0.15) is 44.2 Å². The maximum atomic E-state index is 10.3. The van der Waals surface area contributed by atoms with E-state index in [1.165, 1.54) is 5.56 Å². The van der Waals surface area contributed by atoms with Crippen LogP contribution in [0.4, 0.5) is 5.69 Å². The largest absolute Gasteiger partial charge is 0.494 e. The van der Waals surface area contributed by atoms with E-state index in [0.717, 1.165) is 12.8 Å². The van der Waals surface area contributed by atoms with Gasteiger partial charge >= 0.3 is 0 Å². The minimum Gasteiger partial charge on any atom is -0.494 e. The number of hydrogen-bond acceptors (Lipinski definition) is 3. The summed E-state index contributed by atoms with van der Waals surface area (Å²) in [7, 11) is 0. The molecule has 21 heavy (non-hydrogen) atoms. The maximum Gasteiger partial charge on any atom is 0.218 e. The number of nitrogens with zero attached hydrogens (tertiary/aromatic N) is 1. The average Bonchev–Trinajstić information content (AvgIpc) is 3.20. The molecule has 1 aliphatic carbocycles. The molecule has 3 unspecified atom stereocenters. The molecule has 1 saturated carbocycles. The van der Waals surface area contributed by atoms with Gasteiger partial charge < -0.3 is 15.5 Å². The Bertz CT molecular complexity index is 621. The lowest BCUT2D eigenvalue weighted by atomic mass is 10.1. The zero-order chi connectivity index (χ0) is 15.0. The topological polar surface area (TPSA) is 57.4 Å². The third kappa shape index (κ3) is 2.58. The quantitative estimate of drug-likeness (QED) is 0.782. The second kappa shape index (κ2) is 5.35. The third-order valence-electron chi connectivity index (χ3n) is 4.38. The Hall–Kier alpha value is -2.10. The molecule has 0 spiro atoms. The van der Waals surface area contributed by atoms with Crippen molar-refractivity contribution < 1.29 is 10.2 Å². The maximum absolute atomic E-state index is 10.3. The van der Waals surface area contributed by atoms with E-state index in [9.17, 15) is 10.2 Å². The van der Waals surface area contributed by atoms with Gasteiger partial charge in [-0.25, -0.2) is 0 Å². The van der Waals surface area contributed by atoms with Crippen molar-refractivity contribution in [1.29, 1.82) is 0 Å². The summed E-state index contributed by atoms with van der Waals surface area (Å²) < 4.78 is 1.57. The lowest BCUT2D eigenvalue weighted by Crippen LogP contribution is -2.05. The summed E-state index contributed by atoms with van der Waals surface area (Å²) in [5.74, 6) is 0.724. The van der Waals surface area contributed by atoms with E-state index in [-0.39, 0.29) is 17.8 Å². The second-order valence-electron chi connectivity index (χ2n) is 5.87. The first kappa shape index (κ1) is 13.9. The summed E-state index contributed by atoms with van der Waals surface area (Å²) in [4.78, 5) is 0. The molecule has 0 amide bonds. The first-order valence-electron chi connectivity index (χ1n) is 7.56.